The lowest BCUT2D eigenvalue weighted by Gasteiger charge is -2.22. The van der Waals surface area contributed by atoms with E-state index >= 15 is 0 Å². The summed E-state index contributed by atoms with van der Waals surface area (Å²) in [6.45, 7) is 3.34. The van der Waals surface area contributed by atoms with Crippen LogP contribution < -0.4 is 5.32 Å². The largest absolute Gasteiger partial charge is 0.394 e. The van der Waals surface area contributed by atoms with Crippen LogP contribution >= 0.6 is 0 Å². The van der Waals surface area contributed by atoms with E-state index in [0.717, 1.165) is 0 Å². The summed E-state index contributed by atoms with van der Waals surface area (Å²) in [5, 5.41) is 11.8. The second kappa shape index (κ2) is 4.14. The van der Waals surface area contributed by atoms with Gasteiger partial charge in [-0.3, -0.25) is 9.20 Å². The maximum atomic E-state index is 11.9. The first kappa shape index (κ1) is 11.5. The third kappa shape index (κ3) is 2.42. The highest BCUT2D eigenvalue weighted by Crippen LogP contribution is 2.05. The molecule has 2 rings (SSSR count). The number of fused-ring (bicyclic) bond motifs is 1. The molecule has 0 bridgehead atoms. The van der Waals surface area contributed by atoms with Crippen LogP contribution in [-0.4, -0.2) is 37.5 Å². The maximum Gasteiger partial charge on any atom is 0.272 e. The zero-order chi connectivity index (χ0) is 12.5. The Morgan fingerprint density at radius 3 is 3.00 bits per heavy atom. The van der Waals surface area contributed by atoms with Gasteiger partial charge in [-0.15, -0.1) is 0 Å². The molecule has 0 unspecified atom stereocenters. The van der Waals surface area contributed by atoms with E-state index in [4.69, 9.17) is 5.11 Å². The monoisotopic (exact) mass is 234 g/mol. The molecule has 1 amide bonds. The van der Waals surface area contributed by atoms with Crippen LogP contribution in [0.4, 0.5) is 0 Å². The topological polar surface area (TPSA) is 79.5 Å². The Labute approximate surface area is 98.3 Å². The van der Waals surface area contributed by atoms with Crippen LogP contribution in [0.5, 0.6) is 0 Å². The SMILES string of the molecule is CC(C)(CO)NC(=O)c1cn2cccnc2n1. The molecule has 0 aliphatic rings. The number of aliphatic hydroxyl groups is 1. The van der Waals surface area contributed by atoms with E-state index in [-0.39, 0.29) is 18.2 Å². The van der Waals surface area contributed by atoms with Gasteiger partial charge >= 0.3 is 0 Å². The quantitative estimate of drug-likeness (QED) is 0.796. The number of aromatic nitrogens is 3. The number of aliphatic hydroxyl groups excluding tert-OH is 1. The zero-order valence-corrected chi connectivity index (χ0v) is 9.71. The Morgan fingerprint density at radius 2 is 2.35 bits per heavy atom. The molecule has 0 aromatic carbocycles. The standard InChI is InChI=1S/C11H14N4O2/c1-11(2,7-16)14-9(17)8-6-15-5-3-4-12-10(15)13-8/h3-6,16H,7H2,1-2H3,(H,14,17). The van der Waals surface area contributed by atoms with Crippen molar-refractivity contribution in [2.24, 2.45) is 0 Å². The molecule has 0 saturated heterocycles. The van der Waals surface area contributed by atoms with Crippen molar-refractivity contribution >= 4 is 11.7 Å². The van der Waals surface area contributed by atoms with Gasteiger partial charge in [0.05, 0.1) is 12.1 Å². The predicted molar refractivity (Wildman–Crippen MR) is 61.6 cm³/mol. The van der Waals surface area contributed by atoms with E-state index < -0.39 is 5.54 Å². The Kier molecular flexibility index (Phi) is 2.81. The minimum atomic E-state index is -0.666. The number of rotatable bonds is 3. The van der Waals surface area contributed by atoms with E-state index in [1.54, 1.807) is 42.9 Å². The van der Waals surface area contributed by atoms with Crippen molar-refractivity contribution in [2.45, 2.75) is 19.4 Å². The van der Waals surface area contributed by atoms with Gasteiger partial charge in [-0.05, 0) is 19.9 Å². The van der Waals surface area contributed by atoms with E-state index in [9.17, 15) is 4.79 Å². The molecule has 2 aromatic heterocycles. The Hall–Kier alpha value is -1.95. The first-order valence-electron chi connectivity index (χ1n) is 5.25. The van der Waals surface area contributed by atoms with Crippen molar-refractivity contribution in [2.75, 3.05) is 6.61 Å². The second-order valence-electron chi connectivity index (χ2n) is 4.45. The van der Waals surface area contributed by atoms with Crippen LogP contribution in [0.3, 0.4) is 0 Å². The fourth-order valence-corrected chi connectivity index (χ4v) is 1.35. The van der Waals surface area contributed by atoms with Gasteiger partial charge in [0.2, 0.25) is 5.78 Å². The molecule has 0 radical (unpaired) electrons. The van der Waals surface area contributed by atoms with Crippen LogP contribution in [0.1, 0.15) is 24.3 Å². The lowest BCUT2D eigenvalue weighted by Crippen LogP contribution is -2.46. The highest BCUT2D eigenvalue weighted by molar-refractivity contribution is 5.93. The zero-order valence-electron chi connectivity index (χ0n) is 9.71. The highest BCUT2D eigenvalue weighted by atomic mass is 16.3. The van der Waals surface area contributed by atoms with Crippen molar-refractivity contribution in [3.8, 4) is 0 Å². The van der Waals surface area contributed by atoms with Gasteiger partial charge in [0.25, 0.3) is 5.91 Å². The molecule has 0 fully saturated rings. The third-order valence-electron chi connectivity index (χ3n) is 2.32. The molecule has 0 atom stereocenters. The van der Waals surface area contributed by atoms with Crippen molar-refractivity contribution in [3.05, 3.63) is 30.4 Å². The number of hydrogen-bond acceptors (Lipinski definition) is 4. The van der Waals surface area contributed by atoms with Crippen molar-refractivity contribution in [1.82, 2.24) is 19.7 Å². The first-order chi connectivity index (χ1) is 8.02. The molecular formula is C11H14N4O2. The number of amides is 1. The van der Waals surface area contributed by atoms with Crippen molar-refractivity contribution in [1.29, 1.82) is 0 Å². The number of hydrogen-bond donors (Lipinski definition) is 2. The highest BCUT2D eigenvalue weighted by Gasteiger charge is 2.21. The summed E-state index contributed by atoms with van der Waals surface area (Å²) in [6.07, 6.45) is 4.98. The van der Waals surface area contributed by atoms with Gasteiger partial charge < -0.3 is 10.4 Å². The summed E-state index contributed by atoms with van der Waals surface area (Å²) in [4.78, 5) is 20.0. The molecule has 0 spiro atoms. The Morgan fingerprint density at radius 1 is 1.59 bits per heavy atom. The van der Waals surface area contributed by atoms with E-state index in [2.05, 4.69) is 15.3 Å². The minimum absolute atomic E-state index is 0.135. The van der Waals surface area contributed by atoms with Gasteiger partial charge in [-0.1, -0.05) is 0 Å². The number of nitrogens with zero attached hydrogens (tertiary/aromatic N) is 3. The fraction of sp³-hybridized carbons (Fsp3) is 0.364. The van der Waals surface area contributed by atoms with E-state index in [1.165, 1.54) is 0 Å². The molecule has 0 aliphatic carbocycles. The van der Waals surface area contributed by atoms with Gasteiger partial charge in [-0.2, -0.15) is 0 Å². The van der Waals surface area contributed by atoms with Gasteiger partial charge in [0.15, 0.2) is 0 Å². The smallest absolute Gasteiger partial charge is 0.272 e. The first-order valence-corrected chi connectivity index (χ1v) is 5.25. The summed E-state index contributed by atoms with van der Waals surface area (Å²) in [5.41, 5.74) is -0.384. The van der Waals surface area contributed by atoms with Crippen molar-refractivity contribution < 1.29 is 9.90 Å². The fourth-order valence-electron chi connectivity index (χ4n) is 1.35. The number of carbonyl (C=O) groups excluding carboxylic acids is 1. The molecule has 0 saturated carbocycles. The van der Waals surface area contributed by atoms with Crippen LogP contribution in [0.25, 0.3) is 5.78 Å². The Balaban J connectivity index is 2.25. The van der Waals surface area contributed by atoms with Crippen LogP contribution in [-0.2, 0) is 0 Å². The van der Waals surface area contributed by atoms with Gasteiger partial charge in [0, 0.05) is 18.6 Å². The summed E-state index contributed by atoms with van der Waals surface area (Å²) in [7, 11) is 0. The summed E-state index contributed by atoms with van der Waals surface area (Å²) < 4.78 is 1.67. The second-order valence-corrected chi connectivity index (χ2v) is 4.45. The molecule has 6 heteroatoms. The minimum Gasteiger partial charge on any atom is -0.394 e. The number of imidazole rings is 1. The normalized spacial score (nSPS) is 11.7. The average Bonchev–Trinajstić information content (AvgIpc) is 2.72. The molecule has 90 valence electrons. The van der Waals surface area contributed by atoms with E-state index in [0.29, 0.717) is 5.78 Å². The van der Waals surface area contributed by atoms with Crippen LogP contribution in [0.2, 0.25) is 0 Å². The van der Waals surface area contributed by atoms with Crippen LogP contribution in [0, 0.1) is 0 Å². The average molecular weight is 234 g/mol. The molecule has 2 aromatic rings. The molecule has 6 nitrogen and oxygen atoms in total. The molecule has 2 N–H and O–H groups in total. The molecular weight excluding hydrogens is 220 g/mol. The molecule has 0 aliphatic heterocycles. The summed E-state index contributed by atoms with van der Waals surface area (Å²) >= 11 is 0. The predicted octanol–water partition coefficient (Wildman–Crippen LogP) is 0.230. The van der Waals surface area contributed by atoms with Crippen molar-refractivity contribution in [3.63, 3.8) is 0 Å². The molecule has 17 heavy (non-hydrogen) atoms. The third-order valence-corrected chi connectivity index (χ3v) is 2.32. The van der Waals surface area contributed by atoms with E-state index in [1.807, 2.05) is 0 Å². The lowest BCUT2D eigenvalue weighted by atomic mass is 10.1. The molecule has 2 heterocycles. The number of carbonyl (C=O) groups is 1. The maximum absolute atomic E-state index is 11.9. The summed E-state index contributed by atoms with van der Waals surface area (Å²) in [6, 6.07) is 1.76. The Bertz CT molecular complexity index is 514. The lowest BCUT2D eigenvalue weighted by molar-refractivity contribution is 0.0865. The van der Waals surface area contributed by atoms with Gasteiger partial charge in [-0.25, -0.2) is 9.97 Å². The van der Waals surface area contributed by atoms with Gasteiger partial charge in [0.1, 0.15) is 5.69 Å². The number of nitrogens with one attached hydrogen (secondary N) is 1. The summed E-state index contributed by atoms with van der Waals surface area (Å²) in [5.74, 6) is 0.147. The van der Waals surface area contributed by atoms with Crippen LogP contribution in [0.15, 0.2) is 24.7 Å².